The van der Waals surface area contributed by atoms with E-state index in [1.807, 2.05) is 24.3 Å². The van der Waals surface area contributed by atoms with E-state index in [0.29, 0.717) is 19.4 Å². The highest BCUT2D eigenvalue weighted by atomic mass is 16.5. The maximum absolute atomic E-state index is 9.84. The van der Waals surface area contributed by atoms with Gasteiger partial charge in [0.05, 0.1) is 25.9 Å². The fraction of sp³-hybridized carbons (Fsp3) is 0.529. The molecule has 1 rings (SSSR count). The van der Waals surface area contributed by atoms with Crippen molar-refractivity contribution in [3.63, 3.8) is 0 Å². The number of ether oxygens (including phenoxy) is 2. The highest BCUT2D eigenvalue weighted by Gasteiger charge is 2.13. The molecule has 0 saturated heterocycles. The van der Waals surface area contributed by atoms with Crippen LogP contribution in [0.1, 0.15) is 38.2 Å². The van der Waals surface area contributed by atoms with Crippen molar-refractivity contribution in [2.75, 3.05) is 7.11 Å². The molecule has 1 N–H and O–H groups in total. The largest absolute Gasteiger partial charge is 0.497 e. The van der Waals surface area contributed by atoms with Gasteiger partial charge in [-0.3, -0.25) is 0 Å². The maximum Gasteiger partial charge on any atom is 0.118 e. The molecule has 0 fully saturated rings. The van der Waals surface area contributed by atoms with Gasteiger partial charge in [0.15, 0.2) is 0 Å². The average Bonchev–Trinajstić information content (AvgIpc) is 2.46. The first-order chi connectivity index (χ1) is 9.69. The second-order valence-corrected chi connectivity index (χ2v) is 4.98. The van der Waals surface area contributed by atoms with Crippen LogP contribution in [-0.4, -0.2) is 24.4 Å². The second kappa shape index (κ2) is 9.56. The summed E-state index contributed by atoms with van der Waals surface area (Å²) >= 11 is 0. The van der Waals surface area contributed by atoms with Gasteiger partial charge in [-0.05, 0) is 37.0 Å². The Balaban J connectivity index is 2.46. The summed E-state index contributed by atoms with van der Waals surface area (Å²) in [4.78, 5) is 0. The molecule has 1 aromatic rings. The van der Waals surface area contributed by atoms with Gasteiger partial charge in [0.2, 0.25) is 0 Å². The van der Waals surface area contributed by atoms with E-state index >= 15 is 0 Å². The second-order valence-electron chi connectivity index (χ2n) is 4.98. The summed E-state index contributed by atoms with van der Waals surface area (Å²) in [6.45, 7) is 6.34. The van der Waals surface area contributed by atoms with Gasteiger partial charge in [-0.15, -0.1) is 6.58 Å². The SMILES string of the molecule is C=CC[C@H](O)C[C@H](CCC)OCc1ccc(OC)cc1. The van der Waals surface area contributed by atoms with E-state index in [0.717, 1.165) is 24.2 Å². The Morgan fingerprint density at radius 2 is 2.00 bits per heavy atom. The molecular formula is C17H26O3. The molecule has 20 heavy (non-hydrogen) atoms. The lowest BCUT2D eigenvalue weighted by atomic mass is 10.0. The number of aliphatic hydroxyl groups is 1. The van der Waals surface area contributed by atoms with Crippen molar-refractivity contribution >= 4 is 0 Å². The van der Waals surface area contributed by atoms with Crippen LogP contribution >= 0.6 is 0 Å². The molecule has 112 valence electrons. The normalized spacial score (nSPS) is 13.8. The molecule has 0 aliphatic carbocycles. The molecule has 0 bridgehead atoms. The van der Waals surface area contributed by atoms with E-state index in [4.69, 9.17) is 9.47 Å². The van der Waals surface area contributed by atoms with Crippen LogP contribution in [0.25, 0.3) is 0 Å². The molecule has 0 saturated carbocycles. The molecule has 0 aliphatic rings. The first kappa shape index (κ1) is 16.7. The van der Waals surface area contributed by atoms with Crippen LogP contribution in [0.5, 0.6) is 5.75 Å². The number of hydrogen-bond donors (Lipinski definition) is 1. The van der Waals surface area contributed by atoms with Crippen LogP contribution in [-0.2, 0) is 11.3 Å². The van der Waals surface area contributed by atoms with E-state index in [2.05, 4.69) is 13.5 Å². The van der Waals surface area contributed by atoms with Crippen LogP contribution in [0.15, 0.2) is 36.9 Å². The van der Waals surface area contributed by atoms with Crippen LogP contribution in [0.4, 0.5) is 0 Å². The average molecular weight is 278 g/mol. The van der Waals surface area contributed by atoms with Gasteiger partial charge >= 0.3 is 0 Å². The van der Waals surface area contributed by atoms with Crippen LogP contribution in [0.2, 0.25) is 0 Å². The van der Waals surface area contributed by atoms with E-state index < -0.39 is 0 Å². The van der Waals surface area contributed by atoms with Crippen molar-refractivity contribution in [1.82, 2.24) is 0 Å². The molecule has 3 nitrogen and oxygen atoms in total. The van der Waals surface area contributed by atoms with Gasteiger partial charge in [0, 0.05) is 0 Å². The standard InChI is InChI=1S/C17H26O3/c1-4-6-15(18)12-17(7-5-2)20-13-14-8-10-16(19-3)11-9-14/h4,8-11,15,17-18H,1,5-7,12-13H2,2-3H3/t15-,17-/m0/s1. The number of hydrogen-bond acceptors (Lipinski definition) is 3. The third kappa shape index (κ3) is 6.22. The van der Waals surface area contributed by atoms with Crippen molar-refractivity contribution in [2.45, 2.75) is 51.4 Å². The molecule has 0 spiro atoms. The summed E-state index contributed by atoms with van der Waals surface area (Å²) in [7, 11) is 1.66. The number of aliphatic hydroxyl groups excluding tert-OH is 1. The molecule has 0 aromatic heterocycles. The number of methoxy groups -OCH3 is 1. The summed E-state index contributed by atoms with van der Waals surface area (Å²) < 4.78 is 11.1. The quantitative estimate of drug-likeness (QED) is 0.663. The monoisotopic (exact) mass is 278 g/mol. The van der Waals surface area contributed by atoms with Crippen molar-refractivity contribution in [1.29, 1.82) is 0 Å². The molecule has 3 heteroatoms. The minimum Gasteiger partial charge on any atom is -0.497 e. The minimum absolute atomic E-state index is 0.0945. The first-order valence-corrected chi connectivity index (χ1v) is 7.23. The lowest BCUT2D eigenvalue weighted by Gasteiger charge is -2.20. The number of benzene rings is 1. The van der Waals surface area contributed by atoms with Gasteiger partial charge in [0.1, 0.15) is 5.75 Å². The topological polar surface area (TPSA) is 38.7 Å². The van der Waals surface area contributed by atoms with Crippen molar-refractivity contribution < 1.29 is 14.6 Å². The number of rotatable bonds is 10. The molecular weight excluding hydrogens is 252 g/mol. The third-order valence-corrected chi connectivity index (χ3v) is 3.23. The van der Waals surface area contributed by atoms with E-state index in [1.54, 1.807) is 13.2 Å². The Labute approximate surface area is 122 Å². The fourth-order valence-electron chi connectivity index (χ4n) is 2.12. The molecule has 2 atom stereocenters. The van der Waals surface area contributed by atoms with E-state index in [9.17, 15) is 5.11 Å². The predicted octanol–water partition coefficient (Wildman–Crippen LogP) is 3.71. The van der Waals surface area contributed by atoms with Gasteiger partial charge in [-0.1, -0.05) is 31.6 Å². The molecule has 0 aliphatic heterocycles. The van der Waals surface area contributed by atoms with Crippen LogP contribution < -0.4 is 4.74 Å². The molecule has 0 heterocycles. The molecule has 0 radical (unpaired) electrons. The Hall–Kier alpha value is -1.32. The van der Waals surface area contributed by atoms with Crippen molar-refractivity contribution in [2.24, 2.45) is 0 Å². The summed E-state index contributed by atoms with van der Waals surface area (Å²) in [6.07, 6.45) is 4.77. The third-order valence-electron chi connectivity index (χ3n) is 3.23. The molecule has 0 amide bonds. The smallest absolute Gasteiger partial charge is 0.118 e. The van der Waals surface area contributed by atoms with E-state index in [1.165, 1.54) is 0 Å². The van der Waals surface area contributed by atoms with Crippen LogP contribution in [0, 0.1) is 0 Å². The highest BCUT2D eigenvalue weighted by Crippen LogP contribution is 2.16. The zero-order chi connectivity index (χ0) is 14.8. The van der Waals surface area contributed by atoms with Crippen molar-refractivity contribution in [3.05, 3.63) is 42.5 Å². The summed E-state index contributed by atoms with van der Waals surface area (Å²) in [5, 5.41) is 9.84. The summed E-state index contributed by atoms with van der Waals surface area (Å²) in [5.74, 6) is 0.847. The van der Waals surface area contributed by atoms with Crippen molar-refractivity contribution in [3.8, 4) is 5.75 Å². The van der Waals surface area contributed by atoms with Gasteiger partial charge in [-0.25, -0.2) is 0 Å². The Morgan fingerprint density at radius 1 is 1.30 bits per heavy atom. The molecule has 1 aromatic carbocycles. The predicted molar refractivity (Wildman–Crippen MR) is 81.9 cm³/mol. The zero-order valence-electron chi connectivity index (χ0n) is 12.5. The summed E-state index contributed by atoms with van der Waals surface area (Å²) in [6, 6.07) is 7.87. The van der Waals surface area contributed by atoms with E-state index in [-0.39, 0.29) is 12.2 Å². The highest BCUT2D eigenvalue weighted by molar-refractivity contribution is 5.26. The zero-order valence-corrected chi connectivity index (χ0v) is 12.5. The Bertz CT molecular complexity index is 372. The maximum atomic E-state index is 9.84. The Morgan fingerprint density at radius 3 is 2.55 bits per heavy atom. The lowest BCUT2D eigenvalue weighted by Crippen LogP contribution is -2.20. The van der Waals surface area contributed by atoms with Gasteiger partial charge in [-0.2, -0.15) is 0 Å². The molecule has 0 unspecified atom stereocenters. The first-order valence-electron chi connectivity index (χ1n) is 7.23. The summed E-state index contributed by atoms with van der Waals surface area (Å²) in [5.41, 5.74) is 1.12. The lowest BCUT2D eigenvalue weighted by molar-refractivity contribution is -0.000211. The fourth-order valence-corrected chi connectivity index (χ4v) is 2.12. The minimum atomic E-state index is -0.361. The van der Waals surface area contributed by atoms with Crippen LogP contribution in [0.3, 0.4) is 0 Å². The Kier molecular flexibility index (Phi) is 8.00. The van der Waals surface area contributed by atoms with Gasteiger partial charge in [0.25, 0.3) is 0 Å². The van der Waals surface area contributed by atoms with Gasteiger partial charge < -0.3 is 14.6 Å².